The van der Waals surface area contributed by atoms with E-state index >= 15 is 0 Å². The van der Waals surface area contributed by atoms with Crippen LogP contribution in [-0.2, 0) is 18.3 Å². The highest BCUT2D eigenvalue weighted by molar-refractivity contribution is 7.45. The van der Waals surface area contributed by atoms with Crippen LogP contribution in [0.15, 0.2) is 0 Å². The SMILES string of the molecule is CCCCCCC(C)OC[C@H](CO)OP(=O)([O-])OCC[N+](C)(C)C. The van der Waals surface area contributed by atoms with Crippen molar-refractivity contribution in [2.24, 2.45) is 0 Å². The molecular weight excluding hydrogens is 333 g/mol. The minimum absolute atomic E-state index is 0.00431. The fraction of sp³-hybridized carbons (Fsp3) is 1.00. The van der Waals surface area contributed by atoms with Crippen LogP contribution in [0.3, 0.4) is 0 Å². The summed E-state index contributed by atoms with van der Waals surface area (Å²) < 4.78 is 27.7. The molecule has 8 heteroatoms. The Morgan fingerprint density at radius 1 is 1.21 bits per heavy atom. The fourth-order valence-electron chi connectivity index (χ4n) is 1.97. The fourth-order valence-corrected chi connectivity index (χ4v) is 2.83. The number of nitrogens with zero attached hydrogens (tertiary/aromatic N) is 1. The summed E-state index contributed by atoms with van der Waals surface area (Å²) in [5.74, 6) is 0. The third kappa shape index (κ3) is 14.3. The predicted octanol–water partition coefficient (Wildman–Crippen LogP) is 1.93. The highest BCUT2D eigenvalue weighted by Gasteiger charge is 2.20. The number of rotatable bonds is 15. The molecule has 0 amide bonds. The Kier molecular flexibility index (Phi) is 12.4. The van der Waals surface area contributed by atoms with Crippen molar-refractivity contribution in [3.63, 3.8) is 0 Å². The van der Waals surface area contributed by atoms with Crippen LogP contribution in [0.5, 0.6) is 0 Å². The number of quaternary nitrogens is 1. The number of hydrogen-bond acceptors (Lipinski definition) is 6. The van der Waals surface area contributed by atoms with E-state index in [0.717, 1.165) is 12.8 Å². The molecule has 0 heterocycles. The Labute approximate surface area is 147 Å². The van der Waals surface area contributed by atoms with Crippen LogP contribution >= 0.6 is 7.82 Å². The molecule has 0 rings (SSSR count). The lowest BCUT2D eigenvalue weighted by atomic mass is 10.1. The average Bonchev–Trinajstić information content (AvgIpc) is 2.46. The number of aliphatic hydroxyl groups is 1. The van der Waals surface area contributed by atoms with Gasteiger partial charge in [0.15, 0.2) is 0 Å². The van der Waals surface area contributed by atoms with E-state index in [-0.39, 0.29) is 19.3 Å². The molecule has 0 aliphatic heterocycles. The molecular formula is C16H36NO6P. The van der Waals surface area contributed by atoms with E-state index in [2.05, 4.69) is 6.92 Å². The number of likely N-dealkylation sites (N-methyl/N-ethyl adjacent to an activating group) is 1. The number of aliphatic hydroxyl groups excluding tert-OH is 1. The van der Waals surface area contributed by atoms with Crippen LogP contribution in [0.4, 0.5) is 0 Å². The minimum Gasteiger partial charge on any atom is -0.756 e. The van der Waals surface area contributed by atoms with Gasteiger partial charge in [0.2, 0.25) is 0 Å². The van der Waals surface area contributed by atoms with Gasteiger partial charge in [-0.3, -0.25) is 4.57 Å². The van der Waals surface area contributed by atoms with Crippen LogP contribution in [0, 0.1) is 0 Å². The van der Waals surface area contributed by atoms with E-state index in [0.29, 0.717) is 11.0 Å². The number of phosphoric acid groups is 1. The first-order valence-corrected chi connectivity index (χ1v) is 10.2. The lowest BCUT2D eigenvalue weighted by molar-refractivity contribution is -0.870. The number of ether oxygens (including phenoxy) is 1. The molecule has 3 atom stereocenters. The third-order valence-corrected chi connectivity index (χ3v) is 4.58. The zero-order chi connectivity index (χ0) is 18.6. The Bertz CT molecular complexity index is 361. The first kappa shape index (κ1) is 24.0. The van der Waals surface area contributed by atoms with E-state index in [4.69, 9.17) is 13.8 Å². The first-order chi connectivity index (χ1) is 11.1. The van der Waals surface area contributed by atoms with Gasteiger partial charge in [-0.1, -0.05) is 32.6 Å². The molecule has 0 aliphatic rings. The van der Waals surface area contributed by atoms with Gasteiger partial charge < -0.3 is 28.3 Å². The molecule has 0 fully saturated rings. The zero-order valence-electron chi connectivity index (χ0n) is 15.9. The van der Waals surface area contributed by atoms with Gasteiger partial charge in [0.25, 0.3) is 7.82 Å². The Morgan fingerprint density at radius 3 is 2.42 bits per heavy atom. The van der Waals surface area contributed by atoms with Gasteiger partial charge in [0, 0.05) is 0 Å². The van der Waals surface area contributed by atoms with Crippen LogP contribution in [-0.4, -0.2) is 69.3 Å². The van der Waals surface area contributed by atoms with E-state index in [1.807, 2.05) is 28.1 Å². The maximum absolute atomic E-state index is 11.8. The third-order valence-electron chi connectivity index (χ3n) is 3.52. The Balaban J connectivity index is 4.08. The van der Waals surface area contributed by atoms with Crippen LogP contribution in [0.25, 0.3) is 0 Å². The second kappa shape index (κ2) is 12.4. The second-order valence-electron chi connectivity index (χ2n) is 7.20. The molecule has 1 N–H and O–H groups in total. The molecule has 0 aromatic heterocycles. The highest BCUT2D eigenvalue weighted by atomic mass is 31.2. The lowest BCUT2D eigenvalue weighted by Crippen LogP contribution is -2.38. The standard InChI is InChI=1S/C16H36NO6P/c1-6-7-8-9-10-15(2)21-14-16(13-18)23-24(19,20)22-12-11-17(3,4)5/h15-16,18H,6-14H2,1-5H3/t15?,16-/m0/s1. The number of phosphoric ester groups is 1. The van der Waals surface area contributed by atoms with E-state index < -0.39 is 20.5 Å². The molecule has 0 spiro atoms. The van der Waals surface area contributed by atoms with Crippen molar-refractivity contribution in [3.8, 4) is 0 Å². The minimum atomic E-state index is -4.44. The summed E-state index contributed by atoms with van der Waals surface area (Å²) in [5.41, 5.74) is 0. The normalized spacial score (nSPS) is 17.5. The zero-order valence-corrected chi connectivity index (χ0v) is 16.8. The number of unbranched alkanes of at least 4 members (excludes halogenated alkanes) is 3. The van der Waals surface area contributed by atoms with Gasteiger partial charge in [0.05, 0.1) is 40.5 Å². The van der Waals surface area contributed by atoms with Gasteiger partial charge >= 0.3 is 0 Å². The van der Waals surface area contributed by atoms with E-state index in [1.54, 1.807) is 0 Å². The molecule has 0 aromatic rings. The quantitative estimate of drug-likeness (QED) is 0.270. The van der Waals surface area contributed by atoms with Crippen molar-refractivity contribution in [2.45, 2.75) is 58.2 Å². The maximum Gasteiger partial charge on any atom is 0.268 e. The molecule has 0 saturated carbocycles. The van der Waals surface area contributed by atoms with Crippen molar-refractivity contribution >= 4 is 7.82 Å². The van der Waals surface area contributed by atoms with Gasteiger partial charge in [-0.2, -0.15) is 0 Å². The summed E-state index contributed by atoms with van der Waals surface area (Å²) in [4.78, 5) is 11.8. The van der Waals surface area contributed by atoms with Crippen molar-refractivity contribution in [2.75, 3.05) is 47.5 Å². The Hall–Kier alpha value is -0.0100. The summed E-state index contributed by atoms with van der Waals surface area (Å²) in [5, 5.41) is 9.28. The van der Waals surface area contributed by atoms with Gasteiger partial charge in [-0.15, -0.1) is 0 Å². The summed E-state index contributed by atoms with van der Waals surface area (Å²) in [6, 6.07) is 0. The largest absolute Gasteiger partial charge is 0.756 e. The summed E-state index contributed by atoms with van der Waals surface area (Å²) in [6.07, 6.45) is 4.61. The molecule has 24 heavy (non-hydrogen) atoms. The summed E-state index contributed by atoms with van der Waals surface area (Å²) in [6.45, 7) is 4.26. The first-order valence-electron chi connectivity index (χ1n) is 8.76. The Morgan fingerprint density at radius 2 is 1.88 bits per heavy atom. The molecule has 2 unspecified atom stereocenters. The molecule has 7 nitrogen and oxygen atoms in total. The second-order valence-corrected chi connectivity index (χ2v) is 8.56. The topological polar surface area (TPSA) is 88.0 Å². The summed E-state index contributed by atoms with van der Waals surface area (Å²) >= 11 is 0. The van der Waals surface area contributed by atoms with E-state index in [9.17, 15) is 14.6 Å². The number of hydrogen-bond donors (Lipinski definition) is 1. The molecule has 0 bridgehead atoms. The average molecular weight is 369 g/mol. The van der Waals surface area contributed by atoms with Gasteiger partial charge in [0.1, 0.15) is 19.3 Å². The lowest BCUT2D eigenvalue weighted by Gasteiger charge is -2.29. The molecule has 146 valence electrons. The highest BCUT2D eigenvalue weighted by Crippen LogP contribution is 2.39. The van der Waals surface area contributed by atoms with Gasteiger partial charge in [-0.05, 0) is 13.3 Å². The van der Waals surface area contributed by atoms with Gasteiger partial charge in [-0.25, -0.2) is 0 Å². The van der Waals surface area contributed by atoms with Crippen molar-refractivity contribution in [3.05, 3.63) is 0 Å². The summed E-state index contributed by atoms with van der Waals surface area (Å²) in [7, 11) is 1.37. The predicted molar refractivity (Wildman–Crippen MR) is 92.6 cm³/mol. The molecule has 0 aromatic carbocycles. The monoisotopic (exact) mass is 369 g/mol. The van der Waals surface area contributed by atoms with Crippen molar-refractivity contribution in [1.29, 1.82) is 0 Å². The molecule has 0 radical (unpaired) electrons. The smallest absolute Gasteiger partial charge is 0.268 e. The molecule has 0 saturated heterocycles. The van der Waals surface area contributed by atoms with Crippen LogP contribution in [0.1, 0.15) is 46.0 Å². The maximum atomic E-state index is 11.8. The molecule has 0 aliphatic carbocycles. The van der Waals surface area contributed by atoms with Crippen LogP contribution < -0.4 is 4.89 Å². The van der Waals surface area contributed by atoms with E-state index in [1.165, 1.54) is 19.3 Å². The van der Waals surface area contributed by atoms with Crippen molar-refractivity contribution < 1.29 is 32.8 Å². The van der Waals surface area contributed by atoms with Crippen molar-refractivity contribution in [1.82, 2.24) is 0 Å². The van der Waals surface area contributed by atoms with Crippen LogP contribution in [0.2, 0.25) is 0 Å².